The van der Waals surface area contributed by atoms with Crippen LogP contribution in [0.4, 0.5) is 0 Å². The molecule has 0 radical (unpaired) electrons. The number of ether oxygens (including phenoxy) is 1. The van der Waals surface area contributed by atoms with Gasteiger partial charge in [0, 0.05) is 18.0 Å². The van der Waals surface area contributed by atoms with E-state index in [4.69, 9.17) is 16.3 Å². The van der Waals surface area contributed by atoms with Crippen LogP contribution in [0.2, 0.25) is 5.02 Å². The normalized spacial score (nSPS) is 21.4. The number of hydrogen-bond donors (Lipinski definition) is 2. The van der Waals surface area contributed by atoms with Crippen LogP contribution in [0.15, 0.2) is 42.5 Å². The molecule has 3 aliphatic rings. The first-order chi connectivity index (χ1) is 14.7. The lowest BCUT2D eigenvalue weighted by atomic mass is 9.78. The van der Waals surface area contributed by atoms with Crippen LogP contribution in [0.5, 0.6) is 0 Å². The Morgan fingerprint density at radius 3 is 2.71 bits per heavy atom. The van der Waals surface area contributed by atoms with Gasteiger partial charge in [0.1, 0.15) is 6.10 Å². The quantitative estimate of drug-likeness (QED) is 0.580. The van der Waals surface area contributed by atoms with Crippen molar-refractivity contribution in [2.75, 3.05) is 13.1 Å². The van der Waals surface area contributed by atoms with Gasteiger partial charge in [0.25, 0.3) is 0 Å². The van der Waals surface area contributed by atoms with Crippen LogP contribution in [0.25, 0.3) is 5.69 Å². The van der Waals surface area contributed by atoms with E-state index in [1.165, 1.54) is 11.1 Å². The average molecular weight is 458 g/mol. The monoisotopic (exact) mass is 457 g/mol. The zero-order valence-corrected chi connectivity index (χ0v) is 18.7. The van der Waals surface area contributed by atoms with E-state index >= 15 is 0 Å². The summed E-state index contributed by atoms with van der Waals surface area (Å²) in [5.41, 5.74) is 4.67. The fraction of sp³-hybridized carbons (Fsp3) is 0.391. The Morgan fingerprint density at radius 2 is 1.84 bits per heavy atom. The molecule has 2 aromatic carbocycles. The second-order valence-electron chi connectivity index (χ2n) is 8.40. The van der Waals surface area contributed by atoms with Crippen LogP contribution in [-0.2, 0) is 29.8 Å². The Kier molecular flexibility index (Phi) is 5.52. The lowest BCUT2D eigenvalue weighted by molar-refractivity contribution is -0.132. The van der Waals surface area contributed by atoms with Crippen LogP contribution in [0.1, 0.15) is 47.3 Å². The van der Waals surface area contributed by atoms with Gasteiger partial charge in [0.05, 0.1) is 17.8 Å². The van der Waals surface area contributed by atoms with Gasteiger partial charge in [-0.05, 0) is 60.8 Å². The molecule has 3 aliphatic heterocycles. The molecule has 31 heavy (non-hydrogen) atoms. The van der Waals surface area contributed by atoms with Gasteiger partial charge in [0.15, 0.2) is 11.6 Å². The number of hydrogen-bond acceptors (Lipinski definition) is 5. The first-order valence-electron chi connectivity index (χ1n) is 10.6. The van der Waals surface area contributed by atoms with E-state index in [9.17, 15) is 0 Å². The van der Waals surface area contributed by atoms with Gasteiger partial charge in [-0.1, -0.05) is 35.9 Å². The Hall–Kier alpha value is -1.96. The summed E-state index contributed by atoms with van der Waals surface area (Å²) < 4.78 is 9.10. The SMILES string of the molecule is Cl.Clc1ccc2c(c1)CNCc1nnc([C@H]3Cc4ccccc4C4(CCNCC4)O3)n1-2. The summed E-state index contributed by atoms with van der Waals surface area (Å²) in [7, 11) is 0. The molecule has 0 aliphatic carbocycles. The molecule has 4 heterocycles. The Morgan fingerprint density at radius 1 is 1.00 bits per heavy atom. The minimum atomic E-state index is -0.261. The van der Waals surface area contributed by atoms with Crippen molar-refractivity contribution in [3.8, 4) is 5.69 Å². The molecule has 1 saturated heterocycles. The van der Waals surface area contributed by atoms with Crippen molar-refractivity contribution < 1.29 is 4.74 Å². The molecule has 1 atom stereocenters. The highest BCUT2D eigenvalue weighted by atomic mass is 35.5. The number of benzene rings is 2. The largest absolute Gasteiger partial charge is 0.359 e. The van der Waals surface area contributed by atoms with Crippen LogP contribution in [-0.4, -0.2) is 27.9 Å². The summed E-state index contributed by atoms with van der Waals surface area (Å²) in [5.74, 6) is 1.79. The molecule has 2 N–H and O–H groups in total. The van der Waals surface area contributed by atoms with Crippen molar-refractivity contribution in [3.05, 3.63) is 75.8 Å². The molecule has 8 heteroatoms. The van der Waals surface area contributed by atoms with Gasteiger partial charge >= 0.3 is 0 Å². The lowest BCUT2D eigenvalue weighted by Crippen LogP contribution is -2.45. The van der Waals surface area contributed by atoms with Crippen molar-refractivity contribution in [3.63, 3.8) is 0 Å². The molecule has 0 amide bonds. The Labute approximate surface area is 192 Å². The Bertz CT molecular complexity index is 1110. The smallest absolute Gasteiger partial charge is 0.167 e. The van der Waals surface area contributed by atoms with Crippen molar-refractivity contribution in [2.45, 2.75) is 44.1 Å². The highest BCUT2D eigenvalue weighted by Gasteiger charge is 2.44. The molecule has 0 saturated carbocycles. The minimum absolute atomic E-state index is 0. The molecular formula is C23H25Cl2N5O. The van der Waals surface area contributed by atoms with E-state index in [1.807, 2.05) is 12.1 Å². The second-order valence-corrected chi connectivity index (χ2v) is 8.83. The average Bonchev–Trinajstić information content (AvgIpc) is 3.10. The van der Waals surface area contributed by atoms with Crippen molar-refractivity contribution >= 4 is 24.0 Å². The van der Waals surface area contributed by atoms with Gasteiger partial charge < -0.3 is 15.4 Å². The molecular weight excluding hydrogens is 433 g/mol. The van der Waals surface area contributed by atoms with Crippen molar-refractivity contribution in [1.82, 2.24) is 25.4 Å². The number of piperidine rings is 1. The minimum Gasteiger partial charge on any atom is -0.359 e. The van der Waals surface area contributed by atoms with Crippen LogP contribution in [0, 0.1) is 0 Å². The van der Waals surface area contributed by atoms with Gasteiger partial charge in [0.2, 0.25) is 0 Å². The number of rotatable bonds is 1. The summed E-state index contributed by atoms with van der Waals surface area (Å²) in [6.45, 7) is 3.34. The van der Waals surface area contributed by atoms with E-state index in [0.717, 1.165) is 66.8 Å². The zero-order chi connectivity index (χ0) is 20.1. The fourth-order valence-corrected chi connectivity index (χ4v) is 5.42. The fourth-order valence-electron chi connectivity index (χ4n) is 5.22. The van der Waals surface area contributed by atoms with E-state index in [1.54, 1.807) is 0 Å². The maximum atomic E-state index is 6.92. The van der Waals surface area contributed by atoms with Crippen LogP contribution >= 0.6 is 24.0 Å². The molecule has 6 rings (SSSR count). The second kappa shape index (κ2) is 8.19. The molecule has 1 fully saturated rings. The molecule has 1 aromatic heterocycles. The Balaban J connectivity index is 0.00000204. The van der Waals surface area contributed by atoms with E-state index in [0.29, 0.717) is 6.54 Å². The summed E-state index contributed by atoms with van der Waals surface area (Å²) in [6, 6.07) is 14.8. The van der Waals surface area contributed by atoms with E-state index in [2.05, 4.69) is 55.7 Å². The molecule has 6 nitrogen and oxygen atoms in total. The number of halogens is 2. The van der Waals surface area contributed by atoms with Gasteiger partial charge in [-0.3, -0.25) is 4.57 Å². The molecule has 3 aromatic rings. The molecule has 0 unspecified atom stereocenters. The third-order valence-corrected chi connectivity index (χ3v) is 6.85. The van der Waals surface area contributed by atoms with Gasteiger partial charge in [-0.15, -0.1) is 22.6 Å². The topological polar surface area (TPSA) is 64.0 Å². The van der Waals surface area contributed by atoms with Gasteiger partial charge in [-0.2, -0.15) is 0 Å². The maximum absolute atomic E-state index is 6.92. The summed E-state index contributed by atoms with van der Waals surface area (Å²) in [4.78, 5) is 0. The number of nitrogens with zero attached hydrogens (tertiary/aromatic N) is 3. The van der Waals surface area contributed by atoms with E-state index in [-0.39, 0.29) is 24.1 Å². The maximum Gasteiger partial charge on any atom is 0.167 e. The number of fused-ring (bicyclic) bond motifs is 5. The highest BCUT2D eigenvalue weighted by molar-refractivity contribution is 6.30. The zero-order valence-electron chi connectivity index (χ0n) is 17.1. The number of aromatic nitrogens is 3. The molecule has 162 valence electrons. The summed E-state index contributed by atoms with van der Waals surface area (Å²) in [5, 5.41) is 16.8. The highest BCUT2D eigenvalue weighted by Crippen LogP contribution is 2.46. The standard InChI is InChI=1S/C23H24ClN5O.ClH/c24-17-5-6-19-16(11-17)13-26-14-21-27-28-22(29(19)21)20-12-15-3-1-2-4-18(15)23(30-20)7-9-25-10-8-23;/h1-6,11,20,25-26H,7-10,12-14H2;1H/t20-;/m1./s1. The summed E-state index contributed by atoms with van der Waals surface area (Å²) >= 11 is 6.27. The van der Waals surface area contributed by atoms with Gasteiger partial charge in [-0.25, -0.2) is 0 Å². The number of nitrogens with one attached hydrogen (secondary N) is 2. The summed E-state index contributed by atoms with van der Waals surface area (Å²) in [6.07, 6.45) is 2.60. The third-order valence-electron chi connectivity index (χ3n) is 6.62. The van der Waals surface area contributed by atoms with Crippen molar-refractivity contribution in [1.29, 1.82) is 0 Å². The molecule has 1 spiro atoms. The lowest BCUT2D eigenvalue weighted by Gasteiger charge is -2.45. The van der Waals surface area contributed by atoms with Crippen LogP contribution in [0.3, 0.4) is 0 Å². The predicted molar refractivity (Wildman–Crippen MR) is 122 cm³/mol. The van der Waals surface area contributed by atoms with Crippen molar-refractivity contribution in [2.24, 2.45) is 0 Å². The molecule has 0 bridgehead atoms. The van der Waals surface area contributed by atoms with E-state index < -0.39 is 0 Å². The third kappa shape index (κ3) is 3.47. The van der Waals surface area contributed by atoms with Crippen LogP contribution < -0.4 is 10.6 Å². The first-order valence-corrected chi connectivity index (χ1v) is 11.0. The first kappa shape index (κ1) is 20.9. The predicted octanol–water partition coefficient (Wildman–Crippen LogP) is 3.84.